The number of rotatable bonds is 5. The lowest BCUT2D eigenvalue weighted by atomic mass is 9.97. The Balaban J connectivity index is 1.82. The molecule has 0 radical (unpaired) electrons. The van der Waals surface area contributed by atoms with Crippen LogP contribution in [0.5, 0.6) is 5.75 Å². The fourth-order valence-corrected chi connectivity index (χ4v) is 2.88. The van der Waals surface area contributed by atoms with Crippen LogP contribution in [0.4, 0.5) is 0 Å². The Morgan fingerprint density at radius 2 is 2.33 bits per heavy atom. The number of hydrogen-bond donors (Lipinski definition) is 1. The fraction of sp³-hybridized carbons (Fsp3) is 0.600. The molecule has 1 saturated heterocycles. The van der Waals surface area contributed by atoms with Gasteiger partial charge in [0.15, 0.2) is 0 Å². The van der Waals surface area contributed by atoms with Crippen molar-refractivity contribution < 1.29 is 4.74 Å². The molecule has 2 rings (SSSR count). The van der Waals surface area contributed by atoms with E-state index in [0.29, 0.717) is 0 Å². The molecule has 100 valence electrons. The Hall–Kier alpha value is -0.540. The van der Waals surface area contributed by atoms with Crippen LogP contribution in [0.25, 0.3) is 0 Å². The lowest BCUT2D eigenvalue weighted by molar-refractivity contribution is 0.252. The molecule has 1 heterocycles. The molecule has 2 nitrogen and oxygen atoms in total. The smallest absolute Gasteiger partial charge is 0.122 e. The number of nitrogens with one attached hydrogen (secondary N) is 1. The van der Waals surface area contributed by atoms with Gasteiger partial charge in [-0.15, -0.1) is 0 Å². The van der Waals surface area contributed by atoms with Gasteiger partial charge >= 0.3 is 0 Å². The third-order valence-electron chi connectivity index (χ3n) is 3.59. The molecule has 1 aromatic rings. The standard InChI is InChI=1S/C15H22BrNO/c1-2-13-10-14(16)5-6-15(13)18-9-7-12-4-3-8-17-11-12/h5-6,10,12,17H,2-4,7-9,11H2,1H3/t12-/m1/s1. The number of halogens is 1. The van der Waals surface area contributed by atoms with Crippen molar-refractivity contribution in [1.29, 1.82) is 0 Å². The van der Waals surface area contributed by atoms with E-state index >= 15 is 0 Å². The van der Waals surface area contributed by atoms with Gasteiger partial charge in [0.2, 0.25) is 0 Å². The second-order valence-corrected chi connectivity index (χ2v) is 5.87. The van der Waals surface area contributed by atoms with Gasteiger partial charge in [-0.2, -0.15) is 0 Å². The Kier molecular flexibility index (Phi) is 5.51. The SMILES string of the molecule is CCc1cc(Br)ccc1OCC[C@H]1CCCNC1. The summed E-state index contributed by atoms with van der Waals surface area (Å²) < 4.78 is 7.07. The van der Waals surface area contributed by atoms with E-state index in [2.05, 4.69) is 46.4 Å². The summed E-state index contributed by atoms with van der Waals surface area (Å²) in [4.78, 5) is 0. The summed E-state index contributed by atoms with van der Waals surface area (Å²) >= 11 is 3.50. The lowest BCUT2D eigenvalue weighted by Crippen LogP contribution is -2.30. The van der Waals surface area contributed by atoms with Crippen LogP contribution in [0.2, 0.25) is 0 Å². The van der Waals surface area contributed by atoms with Gasteiger partial charge in [-0.3, -0.25) is 0 Å². The van der Waals surface area contributed by atoms with Crippen molar-refractivity contribution in [3.05, 3.63) is 28.2 Å². The summed E-state index contributed by atoms with van der Waals surface area (Å²) in [7, 11) is 0. The molecule has 1 aliphatic rings. The topological polar surface area (TPSA) is 21.3 Å². The van der Waals surface area contributed by atoms with Crippen molar-refractivity contribution in [2.75, 3.05) is 19.7 Å². The van der Waals surface area contributed by atoms with Crippen molar-refractivity contribution in [2.24, 2.45) is 5.92 Å². The maximum absolute atomic E-state index is 5.94. The molecule has 0 spiro atoms. The molecule has 18 heavy (non-hydrogen) atoms. The van der Waals surface area contributed by atoms with Gasteiger partial charge in [0.1, 0.15) is 5.75 Å². The van der Waals surface area contributed by atoms with Crippen LogP contribution in [0.3, 0.4) is 0 Å². The van der Waals surface area contributed by atoms with Crippen LogP contribution < -0.4 is 10.1 Å². The Morgan fingerprint density at radius 3 is 3.06 bits per heavy atom. The van der Waals surface area contributed by atoms with Crippen LogP contribution in [0.1, 0.15) is 31.7 Å². The second kappa shape index (κ2) is 7.15. The van der Waals surface area contributed by atoms with E-state index in [-0.39, 0.29) is 0 Å². The number of ether oxygens (including phenoxy) is 1. The van der Waals surface area contributed by atoms with Crippen LogP contribution in [0, 0.1) is 5.92 Å². The van der Waals surface area contributed by atoms with Crippen LogP contribution in [0.15, 0.2) is 22.7 Å². The van der Waals surface area contributed by atoms with Gasteiger partial charge in [0, 0.05) is 4.47 Å². The van der Waals surface area contributed by atoms with E-state index in [1.165, 1.54) is 24.9 Å². The van der Waals surface area contributed by atoms with Crippen molar-refractivity contribution in [1.82, 2.24) is 5.32 Å². The monoisotopic (exact) mass is 311 g/mol. The molecule has 1 aliphatic heterocycles. The van der Waals surface area contributed by atoms with Gasteiger partial charge in [0.25, 0.3) is 0 Å². The predicted octanol–water partition coefficient (Wildman–Crippen LogP) is 3.78. The maximum Gasteiger partial charge on any atom is 0.122 e. The molecule has 3 heteroatoms. The number of aryl methyl sites for hydroxylation is 1. The highest BCUT2D eigenvalue weighted by Gasteiger charge is 2.13. The summed E-state index contributed by atoms with van der Waals surface area (Å²) in [5, 5.41) is 3.45. The summed E-state index contributed by atoms with van der Waals surface area (Å²) in [6, 6.07) is 6.27. The van der Waals surface area contributed by atoms with Crippen molar-refractivity contribution in [3.8, 4) is 5.75 Å². The highest BCUT2D eigenvalue weighted by molar-refractivity contribution is 9.10. The molecular formula is C15H22BrNO. The maximum atomic E-state index is 5.94. The van der Waals surface area contributed by atoms with Gasteiger partial charge in [-0.05, 0) is 68.5 Å². The van der Waals surface area contributed by atoms with E-state index < -0.39 is 0 Å². The Morgan fingerprint density at radius 1 is 1.44 bits per heavy atom. The third kappa shape index (κ3) is 3.99. The van der Waals surface area contributed by atoms with E-state index in [9.17, 15) is 0 Å². The lowest BCUT2D eigenvalue weighted by Gasteiger charge is -2.22. The summed E-state index contributed by atoms with van der Waals surface area (Å²) in [6.07, 6.45) is 4.83. The van der Waals surface area contributed by atoms with Gasteiger partial charge in [-0.25, -0.2) is 0 Å². The second-order valence-electron chi connectivity index (χ2n) is 4.96. The molecule has 0 amide bonds. The number of piperidine rings is 1. The first-order valence-electron chi connectivity index (χ1n) is 6.91. The fourth-order valence-electron chi connectivity index (χ4n) is 2.47. The quantitative estimate of drug-likeness (QED) is 0.893. The van der Waals surface area contributed by atoms with Crippen LogP contribution >= 0.6 is 15.9 Å². The van der Waals surface area contributed by atoms with E-state index in [1.54, 1.807) is 0 Å². The molecule has 0 aliphatic carbocycles. The molecule has 1 aromatic carbocycles. The molecule has 0 bridgehead atoms. The predicted molar refractivity (Wildman–Crippen MR) is 79.2 cm³/mol. The van der Waals surface area contributed by atoms with E-state index in [4.69, 9.17) is 4.74 Å². The first-order valence-corrected chi connectivity index (χ1v) is 7.71. The minimum atomic E-state index is 0.791. The zero-order valence-electron chi connectivity index (χ0n) is 11.0. The molecule has 1 atom stereocenters. The third-order valence-corrected chi connectivity index (χ3v) is 4.08. The first kappa shape index (κ1) is 13.9. The zero-order valence-corrected chi connectivity index (χ0v) is 12.6. The Labute approximate surface area is 118 Å². The molecule has 1 N–H and O–H groups in total. The zero-order chi connectivity index (χ0) is 12.8. The van der Waals surface area contributed by atoms with Crippen LogP contribution in [-0.2, 0) is 6.42 Å². The molecule has 0 unspecified atom stereocenters. The van der Waals surface area contributed by atoms with Gasteiger partial charge < -0.3 is 10.1 Å². The normalized spacial score (nSPS) is 19.8. The summed E-state index contributed by atoms with van der Waals surface area (Å²) in [6.45, 7) is 5.34. The summed E-state index contributed by atoms with van der Waals surface area (Å²) in [5.41, 5.74) is 1.28. The minimum Gasteiger partial charge on any atom is -0.493 e. The van der Waals surface area contributed by atoms with Gasteiger partial charge in [-0.1, -0.05) is 22.9 Å². The van der Waals surface area contributed by atoms with Crippen molar-refractivity contribution in [2.45, 2.75) is 32.6 Å². The first-order chi connectivity index (χ1) is 8.79. The Bertz CT molecular complexity index is 375. The van der Waals surface area contributed by atoms with Crippen LogP contribution in [-0.4, -0.2) is 19.7 Å². The highest BCUT2D eigenvalue weighted by Crippen LogP contribution is 2.24. The van der Waals surface area contributed by atoms with E-state index in [1.807, 2.05) is 0 Å². The minimum absolute atomic E-state index is 0.791. The number of benzene rings is 1. The van der Waals surface area contributed by atoms with Crippen molar-refractivity contribution >= 4 is 15.9 Å². The van der Waals surface area contributed by atoms with Crippen molar-refractivity contribution in [3.63, 3.8) is 0 Å². The highest BCUT2D eigenvalue weighted by atomic mass is 79.9. The van der Waals surface area contributed by atoms with E-state index in [0.717, 1.165) is 42.1 Å². The van der Waals surface area contributed by atoms with Gasteiger partial charge in [0.05, 0.1) is 6.61 Å². The number of hydrogen-bond acceptors (Lipinski definition) is 2. The molecule has 1 fully saturated rings. The molecular weight excluding hydrogens is 290 g/mol. The average Bonchev–Trinajstić information content (AvgIpc) is 2.41. The largest absolute Gasteiger partial charge is 0.493 e. The molecule has 0 saturated carbocycles. The molecule has 0 aromatic heterocycles. The average molecular weight is 312 g/mol. The summed E-state index contributed by atoms with van der Waals surface area (Å²) in [5.74, 6) is 1.84.